The van der Waals surface area contributed by atoms with Crippen molar-refractivity contribution in [3.63, 3.8) is 0 Å². The highest BCUT2D eigenvalue weighted by molar-refractivity contribution is 6.08. The lowest BCUT2D eigenvalue weighted by Crippen LogP contribution is -2.18. The molecule has 5 nitrogen and oxygen atoms in total. The molecule has 2 aromatic heterocycles. The molecule has 3 aromatic rings. The molecule has 174 valence electrons. The number of hydrogen-bond acceptors (Lipinski definition) is 4. The van der Waals surface area contributed by atoms with Crippen LogP contribution in [0.1, 0.15) is 77.7 Å². The van der Waals surface area contributed by atoms with Crippen molar-refractivity contribution in [3.8, 4) is 0 Å². The van der Waals surface area contributed by atoms with Gasteiger partial charge in [-0.25, -0.2) is 0 Å². The molecule has 2 heterocycles. The third-order valence-electron chi connectivity index (χ3n) is 5.78. The van der Waals surface area contributed by atoms with Crippen LogP contribution in [0, 0.1) is 12.8 Å². The van der Waals surface area contributed by atoms with Gasteiger partial charge >= 0.3 is 0 Å². The Morgan fingerprint density at radius 1 is 0.970 bits per heavy atom. The van der Waals surface area contributed by atoms with E-state index in [1.54, 1.807) is 24.5 Å². The highest BCUT2D eigenvalue weighted by Crippen LogP contribution is 2.18. The summed E-state index contributed by atoms with van der Waals surface area (Å²) in [4.78, 5) is 39.5. The summed E-state index contributed by atoms with van der Waals surface area (Å²) in [5, 5.41) is 0. The Hall–Kier alpha value is -3.34. The molecule has 0 aliphatic carbocycles. The van der Waals surface area contributed by atoms with Crippen LogP contribution in [0.25, 0.3) is 0 Å². The number of hydrogen-bond donors (Lipinski definition) is 0. The molecule has 0 N–H and O–H groups in total. The average Bonchev–Trinajstić information content (AvgIpc) is 3.18. The Morgan fingerprint density at radius 2 is 1.67 bits per heavy atom. The van der Waals surface area contributed by atoms with E-state index in [9.17, 15) is 14.4 Å². The van der Waals surface area contributed by atoms with Gasteiger partial charge in [0.2, 0.25) is 5.78 Å². The summed E-state index contributed by atoms with van der Waals surface area (Å²) >= 11 is 0. The topological polar surface area (TPSA) is 69.0 Å². The van der Waals surface area contributed by atoms with Crippen molar-refractivity contribution in [1.29, 1.82) is 0 Å². The summed E-state index contributed by atoms with van der Waals surface area (Å²) in [7, 11) is 1.87. The van der Waals surface area contributed by atoms with Crippen molar-refractivity contribution in [3.05, 3.63) is 89.0 Å². The van der Waals surface area contributed by atoms with Crippen molar-refractivity contribution < 1.29 is 14.4 Å². The third-order valence-corrected chi connectivity index (χ3v) is 5.78. The standard InChI is InChI=1S/C21H27NO2.C7H7NO/c1-5-7-16(6-2)20(23)14-18-12-13-19(22(18)4)21(24)17-10-8-15(3)9-11-17;1-6(9)7-3-2-4-8-5-7/h8-13,16H,5-7,14H2,1-4H3;2-5H,1H3. The lowest BCUT2D eigenvalue weighted by atomic mass is 9.93. The van der Waals surface area contributed by atoms with Crippen LogP contribution in [0.4, 0.5) is 0 Å². The molecule has 0 radical (unpaired) electrons. The van der Waals surface area contributed by atoms with Crippen LogP contribution < -0.4 is 0 Å². The summed E-state index contributed by atoms with van der Waals surface area (Å²) in [6, 6.07) is 14.8. The Labute approximate surface area is 196 Å². The summed E-state index contributed by atoms with van der Waals surface area (Å²) in [6.07, 6.45) is 6.45. The minimum Gasteiger partial charge on any atom is -0.345 e. The van der Waals surface area contributed by atoms with Gasteiger partial charge in [0.15, 0.2) is 5.78 Å². The molecule has 0 aliphatic heterocycles. The normalized spacial score (nSPS) is 11.3. The molecule has 0 saturated heterocycles. The van der Waals surface area contributed by atoms with Gasteiger partial charge in [-0.05, 0) is 51.0 Å². The van der Waals surface area contributed by atoms with Crippen molar-refractivity contribution in [2.45, 2.75) is 53.4 Å². The SMILES string of the molecule is CC(=O)c1cccnc1.CCCC(CC)C(=O)Cc1ccc(C(=O)c2ccc(C)cc2)n1C. The Morgan fingerprint density at radius 3 is 2.18 bits per heavy atom. The fraction of sp³-hybridized carbons (Fsp3) is 0.357. The van der Waals surface area contributed by atoms with E-state index in [-0.39, 0.29) is 23.3 Å². The van der Waals surface area contributed by atoms with Crippen LogP contribution in [0.15, 0.2) is 60.9 Å². The van der Waals surface area contributed by atoms with Crippen LogP contribution in [0.3, 0.4) is 0 Å². The monoisotopic (exact) mass is 446 g/mol. The lowest BCUT2D eigenvalue weighted by molar-refractivity contribution is -0.122. The second-order valence-electron chi connectivity index (χ2n) is 8.30. The van der Waals surface area contributed by atoms with Gasteiger partial charge in [0.05, 0.1) is 5.69 Å². The molecular formula is C28H34N2O3. The van der Waals surface area contributed by atoms with Crippen molar-refractivity contribution in [2.24, 2.45) is 13.0 Å². The van der Waals surface area contributed by atoms with Gasteiger partial charge in [-0.1, -0.05) is 50.1 Å². The van der Waals surface area contributed by atoms with Gasteiger partial charge in [0.1, 0.15) is 5.78 Å². The maximum Gasteiger partial charge on any atom is 0.209 e. The number of aryl methyl sites for hydroxylation is 1. The molecule has 33 heavy (non-hydrogen) atoms. The van der Waals surface area contributed by atoms with Crippen LogP contribution in [-0.2, 0) is 18.3 Å². The number of rotatable bonds is 9. The molecule has 0 fully saturated rings. The Kier molecular flexibility index (Phi) is 9.92. The van der Waals surface area contributed by atoms with Gasteiger partial charge in [0.25, 0.3) is 0 Å². The number of Topliss-reactive ketones (excluding diaryl/α,β-unsaturated/α-hetero) is 2. The third kappa shape index (κ3) is 7.35. The first-order chi connectivity index (χ1) is 15.8. The molecule has 0 saturated carbocycles. The van der Waals surface area contributed by atoms with E-state index >= 15 is 0 Å². The van der Waals surface area contributed by atoms with E-state index in [1.807, 2.05) is 54.9 Å². The van der Waals surface area contributed by atoms with E-state index in [0.29, 0.717) is 23.2 Å². The van der Waals surface area contributed by atoms with Crippen molar-refractivity contribution >= 4 is 17.3 Å². The first-order valence-corrected chi connectivity index (χ1v) is 11.5. The van der Waals surface area contributed by atoms with Crippen LogP contribution in [0.2, 0.25) is 0 Å². The van der Waals surface area contributed by atoms with E-state index in [2.05, 4.69) is 18.8 Å². The Balaban J connectivity index is 0.000000357. The van der Waals surface area contributed by atoms with Crippen molar-refractivity contribution in [2.75, 3.05) is 0 Å². The second-order valence-corrected chi connectivity index (χ2v) is 8.30. The summed E-state index contributed by atoms with van der Waals surface area (Å²) in [6.45, 7) is 7.70. The molecule has 0 amide bonds. The minimum atomic E-state index is -0.00296. The maximum atomic E-state index is 12.7. The van der Waals surface area contributed by atoms with Crippen LogP contribution >= 0.6 is 0 Å². The van der Waals surface area contributed by atoms with Gasteiger partial charge < -0.3 is 4.57 Å². The largest absolute Gasteiger partial charge is 0.345 e. The Bertz CT molecular complexity index is 1070. The van der Waals surface area contributed by atoms with Gasteiger partial charge in [-0.3, -0.25) is 19.4 Å². The van der Waals surface area contributed by atoms with Gasteiger partial charge in [-0.15, -0.1) is 0 Å². The van der Waals surface area contributed by atoms with Crippen LogP contribution in [0.5, 0.6) is 0 Å². The fourth-order valence-electron chi connectivity index (χ4n) is 3.65. The first-order valence-electron chi connectivity index (χ1n) is 11.5. The van der Waals surface area contributed by atoms with E-state index in [0.717, 1.165) is 30.5 Å². The second kappa shape index (κ2) is 12.6. The molecule has 1 unspecified atom stereocenters. The predicted octanol–water partition coefficient (Wildman–Crippen LogP) is 5.79. The lowest BCUT2D eigenvalue weighted by Gasteiger charge is -2.13. The number of carbonyl (C=O) groups is 3. The first kappa shape index (κ1) is 25.9. The van der Waals surface area contributed by atoms with E-state index < -0.39 is 0 Å². The number of benzene rings is 1. The molecule has 0 bridgehead atoms. The molecule has 1 aromatic carbocycles. The molecule has 3 rings (SSSR count). The zero-order valence-electron chi connectivity index (χ0n) is 20.3. The number of carbonyl (C=O) groups excluding carboxylic acids is 3. The van der Waals surface area contributed by atoms with Gasteiger partial charge in [0, 0.05) is 48.6 Å². The summed E-state index contributed by atoms with van der Waals surface area (Å²) < 4.78 is 1.86. The van der Waals surface area contributed by atoms with Gasteiger partial charge in [-0.2, -0.15) is 0 Å². The van der Waals surface area contributed by atoms with E-state index in [1.165, 1.54) is 6.92 Å². The van der Waals surface area contributed by atoms with E-state index in [4.69, 9.17) is 0 Å². The van der Waals surface area contributed by atoms with Crippen LogP contribution in [-0.4, -0.2) is 26.9 Å². The average molecular weight is 447 g/mol. The molecule has 5 heteroatoms. The predicted molar refractivity (Wildman–Crippen MR) is 132 cm³/mol. The zero-order chi connectivity index (χ0) is 24.4. The smallest absolute Gasteiger partial charge is 0.209 e. The molecule has 0 spiro atoms. The quantitative estimate of drug-likeness (QED) is 0.390. The molecular weight excluding hydrogens is 412 g/mol. The maximum absolute atomic E-state index is 12.7. The summed E-state index contributed by atoms with van der Waals surface area (Å²) in [5.74, 6) is 0.455. The fourth-order valence-corrected chi connectivity index (χ4v) is 3.65. The highest BCUT2D eigenvalue weighted by atomic mass is 16.1. The van der Waals surface area contributed by atoms with Crippen molar-refractivity contribution in [1.82, 2.24) is 9.55 Å². The number of aromatic nitrogens is 2. The molecule has 1 atom stereocenters. The zero-order valence-corrected chi connectivity index (χ0v) is 20.3. The molecule has 0 aliphatic rings. The summed E-state index contributed by atoms with van der Waals surface area (Å²) in [5.41, 5.74) is 4.01. The number of ketones is 3. The minimum absolute atomic E-state index is 0.00296. The highest BCUT2D eigenvalue weighted by Gasteiger charge is 2.20. The number of pyridine rings is 1. The number of nitrogens with zero attached hydrogens (tertiary/aromatic N) is 2.